The molecular weight excluding hydrogens is 336 g/mol. The number of carbonyl (C=O) groups excluding carboxylic acids is 1. The van der Waals surface area contributed by atoms with Crippen molar-refractivity contribution in [3.8, 4) is 5.75 Å². The van der Waals surface area contributed by atoms with E-state index >= 15 is 0 Å². The SMILES string of the molecule is COc1ccc(CNC(=O)C2CCN(c3cccc(Cl)c3)CC2)cc1. The summed E-state index contributed by atoms with van der Waals surface area (Å²) < 4.78 is 5.14. The van der Waals surface area contributed by atoms with Gasteiger partial charge < -0.3 is 15.0 Å². The van der Waals surface area contributed by atoms with Crippen LogP contribution in [0.15, 0.2) is 48.5 Å². The summed E-state index contributed by atoms with van der Waals surface area (Å²) in [4.78, 5) is 14.7. The number of benzene rings is 2. The Balaban J connectivity index is 1.48. The van der Waals surface area contributed by atoms with Crippen molar-refractivity contribution in [3.05, 3.63) is 59.1 Å². The highest BCUT2D eigenvalue weighted by atomic mass is 35.5. The van der Waals surface area contributed by atoms with E-state index in [-0.39, 0.29) is 11.8 Å². The summed E-state index contributed by atoms with van der Waals surface area (Å²) in [5.74, 6) is 1.04. The second kappa shape index (κ2) is 8.26. The number of nitrogens with one attached hydrogen (secondary N) is 1. The van der Waals surface area contributed by atoms with E-state index in [1.165, 1.54) is 0 Å². The molecule has 0 unspecified atom stereocenters. The molecular formula is C20H23ClN2O2. The van der Waals surface area contributed by atoms with Crippen LogP contribution in [-0.2, 0) is 11.3 Å². The lowest BCUT2D eigenvalue weighted by molar-refractivity contribution is -0.125. The molecule has 25 heavy (non-hydrogen) atoms. The van der Waals surface area contributed by atoms with E-state index in [4.69, 9.17) is 16.3 Å². The number of ether oxygens (including phenoxy) is 1. The molecule has 1 amide bonds. The number of hydrogen-bond donors (Lipinski definition) is 1. The van der Waals surface area contributed by atoms with Crippen LogP contribution in [0.2, 0.25) is 5.02 Å². The van der Waals surface area contributed by atoms with Crippen LogP contribution in [0.5, 0.6) is 5.75 Å². The maximum atomic E-state index is 12.4. The molecule has 132 valence electrons. The van der Waals surface area contributed by atoms with Crippen LogP contribution in [-0.4, -0.2) is 26.1 Å². The number of hydrogen-bond acceptors (Lipinski definition) is 3. The monoisotopic (exact) mass is 358 g/mol. The molecule has 1 heterocycles. The topological polar surface area (TPSA) is 41.6 Å². The molecule has 0 spiro atoms. The molecule has 0 aliphatic carbocycles. The largest absolute Gasteiger partial charge is 0.497 e. The third-order valence-electron chi connectivity index (χ3n) is 4.66. The maximum absolute atomic E-state index is 12.4. The van der Waals surface area contributed by atoms with Gasteiger partial charge in [-0.05, 0) is 48.7 Å². The normalized spacial score (nSPS) is 15.0. The maximum Gasteiger partial charge on any atom is 0.223 e. The van der Waals surface area contributed by atoms with Crippen molar-refractivity contribution in [2.75, 3.05) is 25.1 Å². The molecule has 2 aromatic rings. The molecule has 1 N–H and O–H groups in total. The summed E-state index contributed by atoms with van der Waals surface area (Å²) >= 11 is 6.06. The van der Waals surface area contributed by atoms with Crippen molar-refractivity contribution in [1.29, 1.82) is 0 Å². The Hall–Kier alpha value is -2.20. The second-order valence-electron chi connectivity index (χ2n) is 6.31. The Kier molecular flexibility index (Phi) is 5.82. The van der Waals surface area contributed by atoms with Crippen LogP contribution in [0.25, 0.3) is 0 Å². The van der Waals surface area contributed by atoms with Crippen LogP contribution in [0.1, 0.15) is 18.4 Å². The van der Waals surface area contributed by atoms with Crippen LogP contribution < -0.4 is 15.0 Å². The van der Waals surface area contributed by atoms with E-state index in [9.17, 15) is 4.79 Å². The Morgan fingerprint density at radius 3 is 2.56 bits per heavy atom. The van der Waals surface area contributed by atoms with Gasteiger partial charge in [0.25, 0.3) is 0 Å². The number of amides is 1. The van der Waals surface area contributed by atoms with Crippen LogP contribution in [0, 0.1) is 5.92 Å². The van der Waals surface area contributed by atoms with E-state index in [0.717, 1.165) is 48.0 Å². The van der Waals surface area contributed by atoms with Gasteiger partial charge in [0.2, 0.25) is 5.91 Å². The molecule has 1 saturated heterocycles. The average molecular weight is 359 g/mol. The van der Waals surface area contributed by atoms with Crippen molar-refractivity contribution in [3.63, 3.8) is 0 Å². The van der Waals surface area contributed by atoms with E-state index in [2.05, 4.69) is 16.3 Å². The quantitative estimate of drug-likeness (QED) is 0.881. The zero-order valence-corrected chi connectivity index (χ0v) is 15.1. The minimum atomic E-state index is 0.0775. The van der Waals surface area contributed by atoms with Crippen molar-refractivity contribution >= 4 is 23.2 Å². The molecule has 1 aliphatic heterocycles. The summed E-state index contributed by atoms with van der Waals surface area (Å²) in [6, 6.07) is 15.6. The first-order valence-corrected chi connectivity index (χ1v) is 8.94. The highest BCUT2D eigenvalue weighted by molar-refractivity contribution is 6.30. The van der Waals surface area contributed by atoms with Crippen LogP contribution >= 0.6 is 11.6 Å². The Bertz CT molecular complexity index is 710. The van der Waals surface area contributed by atoms with Crippen LogP contribution in [0.3, 0.4) is 0 Å². The second-order valence-corrected chi connectivity index (χ2v) is 6.74. The minimum Gasteiger partial charge on any atom is -0.497 e. The zero-order valence-electron chi connectivity index (χ0n) is 14.4. The van der Waals surface area contributed by atoms with Gasteiger partial charge >= 0.3 is 0 Å². The van der Waals surface area contributed by atoms with Crippen molar-refractivity contribution in [2.24, 2.45) is 5.92 Å². The first kappa shape index (κ1) is 17.6. The lowest BCUT2D eigenvalue weighted by atomic mass is 9.95. The smallest absolute Gasteiger partial charge is 0.223 e. The highest BCUT2D eigenvalue weighted by Crippen LogP contribution is 2.25. The molecule has 0 radical (unpaired) electrons. The number of anilines is 1. The molecule has 1 aliphatic rings. The fourth-order valence-electron chi connectivity index (χ4n) is 3.15. The molecule has 0 saturated carbocycles. The Morgan fingerprint density at radius 2 is 1.92 bits per heavy atom. The minimum absolute atomic E-state index is 0.0775. The van der Waals surface area contributed by atoms with Gasteiger partial charge in [0.1, 0.15) is 5.75 Å². The fraction of sp³-hybridized carbons (Fsp3) is 0.350. The first-order chi connectivity index (χ1) is 12.2. The molecule has 0 atom stereocenters. The van der Waals surface area contributed by atoms with E-state index < -0.39 is 0 Å². The molecule has 0 bridgehead atoms. The summed E-state index contributed by atoms with van der Waals surface area (Å²) in [6.45, 7) is 2.30. The molecule has 1 fully saturated rings. The van der Waals surface area contributed by atoms with Gasteiger partial charge in [-0.2, -0.15) is 0 Å². The predicted molar refractivity (Wildman–Crippen MR) is 101 cm³/mol. The zero-order chi connectivity index (χ0) is 17.6. The summed E-state index contributed by atoms with van der Waals surface area (Å²) in [5.41, 5.74) is 2.20. The van der Waals surface area contributed by atoms with Crippen molar-refractivity contribution in [1.82, 2.24) is 5.32 Å². The highest BCUT2D eigenvalue weighted by Gasteiger charge is 2.25. The Morgan fingerprint density at radius 1 is 1.20 bits per heavy atom. The van der Waals surface area contributed by atoms with Gasteiger partial charge in [-0.3, -0.25) is 4.79 Å². The first-order valence-electron chi connectivity index (χ1n) is 8.57. The molecule has 5 heteroatoms. The van der Waals surface area contributed by atoms with Crippen molar-refractivity contribution in [2.45, 2.75) is 19.4 Å². The molecule has 4 nitrogen and oxygen atoms in total. The summed E-state index contributed by atoms with van der Waals surface area (Å²) in [5, 5.41) is 3.80. The fourth-order valence-corrected chi connectivity index (χ4v) is 3.33. The number of carbonyl (C=O) groups is 1. The van der Waals surface area contributed by atoms with Gasteiger partial charge in [-0.15, -0.1) is 0 Å². The number of piperidine rings is 1. The summed E-state index contributed by atoms with van der Waals surface area (Å²) in [7, 11) is 1.65. The van der Waals surface area contributed by atoms with Gasteiger partial charge in [-0.25, -0.2) is 0 Å². The Labute approximate surface area is 153 Å². The lowest BCUT2D eigenvalue weighted by Gasteiger charge is -2.33. The number of methoxy groups -OCH3 is 1. The third kappa shape index (κ3) is 4.67. The van der Waals surface area contributed by atoms with Gasteiger partial charge in [-0.1, -0.05) is 29.8 Å². The lowest BCUT2D eigenvalue weighted by Crippen LogP contribution is -2.40. The third-order valence-corrected chi connectivity index (χ3v) is 4.90. The average Bonchev–Trinajstić information content (AvgIpc) is 2.66. The van der Waals surface area contributed by atoms with E-state index in [0.29, 0.717) is 6.54 Å². The molecule has 3 rings (SSSR count). The molecule has 2 aromatic carbocycles. The summed E-state index contributed by atoms with van der Waals surface area (Å²) in [6.07, 6.45) is 1.72. The van der Waals surface area contributed by atoms with Gasteiger partial charge in [0.15, 0.2) is 0 Å². The number of rotatable bonds is 5. The van der Waals surface area contributed by atoms with Crippen molar-refractivity contribution < 1.29 is 9.53 Å². The van der Waals surface area contributed by atoms with Gasteiger partial charge in [0.05, 0.1) is 7.11 Å². The van der Waals surface area contributed by atoms with E-state index in [1.54, 1.807) is 7.11 Å². The molecule has 0 aromatic heterocycles. The van der Waals surface area contributed by atoms with Crippen LogP contribution in [0.4, 0.5) is 5.69 Å². The number of halogens is 1. The predicted octanol–water partition coefficient (Wildman–Crippen LogP) is 3.88. The van der Waals surface area contributed by atoms with Gasteiger partial charge in [0, 0.05) is 36.3 Å². The van der Waals surface area contributed by atoms with E-state index in [1.807, 2.05) is 42.5 Å². The standard InChI is InChI=1S/C20H23ClN2O2/c1-25-19-7-5-15(6-8-19)14-22-20(24)16-9-11-23(12-10-16)18-4-2-3-17(21)13-18/h2-8,13,16H,9-12,14H2,1H3,(H,22,24). The number of nitrogens with zero attached hydrogens (tertiary/aromatic N) is 1.